The Morgan fingerprint density at radius 2 is 2.35 bits per heavy atom. The lowest BCUT2D eigenvalue weighted by molar-refractivity contribution is 0.0954. The van der Waals surface area contributed by atoms with Crippen molar-refractivity contribution >= 4 is 35.8 Å². The number of aromatic nitrogens is 1. The fraction of sp³-hybridized carbons (Fsp3) is 0.533. The number of aliphatic imine (C=N–C) groups is 1. The van der Waals surface area contributed by atoms with E-state index in [2.05, 4.69) is 20.6 Å². The van der Waals surface area contributed by atoms with E-state index in [1.54, 1.807) is 18.3 Å². The normalized spacial score (nSPS) is 17.6. The summed E-state index contributed by atoms with van der Waals surface area (Å²) < 4.78 is 0. The molecule has 1 amide bonds. The number of β-amino-alcohol motifs (C(OH)–C–C–N with tert-alkyl or cyclic N) is 1. The zero-order chi connectivity index (χ0) is 15.8. The number of nitrogens with one attached hydrogen (secondary N) is 2. The Morgan fingerprint density at radius 3 is 2.96 bits per heavy atom. The minimum absolute atomic E-state index is 0. The monoisotopic (exact) mass is 433 g/mol. The Kier molecular flexibility index (Phi) is 8.85. The summed E-state index contributed by atoms with van der Waals surface area (Å²) in [7, 11) is 0. The van der Waals surface area contributed by atoms with E-state index >= 15 is 0 Å². The molecule has 1 fully saturated rings. The first-order chi connectivity index (χ1) is 10.7. The topological polar surface area (TPSA) is 89.8 Å². The van der Waals surface area contributed by atoms with Crippen LogP contribution in [-0.4, -0.2) is 65.7 Å². The summed E-state index contributed by atoms with van der Waals surface area (Å²) >= 11 is 0. The summed E-state index contributed by atoms with van der Waals surface area (Å²) in [6.45, 7) is 5.13. The zero-order valence-electron chi connectivity index (χ0n) is 13.2. The number of hydrogen-bond acceptors (Lipinski definition) is 4. The third kappa shape index (κ3) is 6.30. The maximum atomic E-state index is 11.9. The molecule has 1 aliphatic rings. The lowest BCUT2D eigenvalue weighted by atomic mass is 10.3. The second-order valence-corrected chi connectivity index (χ2v) is 5.12. The minimum Gasteiger partial charge on any atom is -0.391 e. The number of guanidine groups is 1. The molecule has 0 bridgehead atoms. The highest BCUT2D eigenvalue weighted by atomic mass is 127. The largest absolute Gasteiger partial charge is 0.391 e. The Hall–Kier alpha value is -1.42. The molecule has 1 atom stereocenters. The summed E-state index contributed by atoms with van der Waals surface area (Å²) in [5.74, 6) is 0.638. The van der Waals surface area contributed by atoms with Crippen LogP contribution in [0.5, 0.6) is 0 Å². The molecule has 1 aromatic rings. The van der Waals surface area contributed by atoms with Crippen molar-refractivity contribution in [3.05, 3.63) is 30.1 Å². The predicted octanol–water partition coefficient (Wildman–Crippen LogP) is 0.462. The van der Waals surface area contributed by atoms with Gasteiger partial charge in [0, 0.05) is 38.6 Å². The molecule has 1 saturated heterocycles. The van der Waals surface area contributed by atoms with Gasteiger partial charge in [-0.3, -0.25) is 14.8 Å². The van der Waals surface area contributed by atoms with E-state index in [1.165, 1.54) is 6.20 Å². The maximum Gasteiger partial charge on any atom is 0.252 e. The number of carbonyl (C=O) groups excluding carboxylic acids is 1. The van der Waals surface area contributed by atoms with Crippen molar-refractivity contribution in [2.24, 2.45) is 4.99 Å². The first kappa shape index (κ1) is 19.6. The molecule has 23 heavy (non-hydrogen) atoms. The van der Waals surface area contributed by atoms with E-state index in [1.807, 2.05) is 11.8 Å². The van der Waals surface area contributed by atoms with Gasteiger partial charge in [0.05, 0.1) is 18.2 Å². The molecule has 3 N–H and O–H groups in total. The smallest absolute Gasteiger partial charge is 0.252 e. The average Bonchev–Trinajstić information content (AvgIpc) is 2.97. The molecule has 8 heteroatoms. The number of aliphatic hydroxyl groups excluding tert-OH is 1. The number of rotatable bonds is 5. The van der Waals surface area contributed by atoms with Gasteiger partial charge in [-0.05, 0) is 25.5 Å². The van der Waals surface area contributed by atoms with E-state index in [4.69, 9.17) is 0 Å². The number of carbonyl (C=O) groups is 1. The van der Waals surface area contributed by atoms with Gasteiger partial charge in [0.15, 0.2) is 5.96 Å². The lowest BCUT2D eigenvalue weighted by Crippen LogP contribution is -2.41. The summed E-state index contributed by atoms with van der Waals surface area (Å²) in [6, 6.07) is 3.45. The first-order valence-electron chi connectivity index (χ1n) is 7.60. The van der Waals surface area contributed by atoms with Crippen molar-refractivity contribution in [1.82, 2.24) is 20.5 Å². The quantitative estimate of drug-likeness (QED) is 0.272. The third-order valence-electron chi connectivity index (χ3n) is 3.38. The maximum absolute atomic E-state index is 11.9. The number of aliphatic hydroxyl groups is 1. The summed E-state index contributed by atoms with van der Waals surface area (Å²) in [6.07, 6.45) is 3.65. The number of nitrogens with zero attached hydrogens (tertiary/aromatic N) is 3. The summed E-state index contributed by atoms with van der Waals surface area (Å²) in [5.41, 5.74) is 0.543. The van der Waals surface area contributed by atoms with Crippen LogP contribution in [0.3, 0.4) is 0 Å². The molecule has 2 rings (SSSR count). The first-order valence-corrected chi connectivity index (χ1v) is 7.60. The number of hydrogen-bond donors (Lipinski definition) is 3. The molecule has 1 aromatic heterocycles. The van der Waals surface area contributed by atoms with Crippen LogP contribution in [0.1, 0.15) is 23.7 Å². The van der Waals surface area contributed by atoms with E-state index < -0.39 is 0 Å². The number of pyridine rings is 1. The molecule has 7 nitrogen and oxygen atoms in total. The SMILES string of the molecule is CCNC(=NCCNC(=O)c1cccnc1)N1CC[C@@H](O)C1.I. The van der Waals surface area contributed by atoms with Crippen LogP contribution in [0.2, 0.25) is 0 Å². The molecular weight excluding hydrogens is 409 g/mol. The number of likely N-dealkylation sites (tertiary alicyclic amines) is 1. The van der Waals surface area contributed by atoms with Gasteiger partial charge in [-0.2, -0.15) is 0 Å². The van der Waals surface area contributed by atoms with Crippen LogP contribution in [-0.2, 0) is 0 Å². The molecule has 0 unspecified atom stereocenters. The second-order valence-electron chi connectivity index (χ2n) is 5.12. The van der Waals surface area contributed by atoms with Crippen molar-refractivity contribution < 1.29 is 9.90 Å². The average molecular weight is 433 g/mol. The minimum atomic E-state index is -0.283. The van der Waals surface area contributed by atoms with Crippen molar-refractivity contribution in [1.29, 1.82) is 0 Å². The Morgan fingerprint density at radius 1 is 1.52 bits per heavy atom. The number of amides is 1. The van der Waals surface area contributed by atoms with Gasteiger partial charge in [-0.25, -0.2) is 0 Å². The molecule has 1 aliphatic heterocycles. The van der Waals surface area contributed by atoms with E-state index in [0.29, 0.717) is 25.2 Å². The fourth-order valence-electron chi connectivity index (χ4n) is 2.29. The van der Waals surface area contributed by atoms with Crippen molar-refractivity contribution in [3.8, 4) is 0 Å². The summed E-state index contributed by atoms with van der Waals surface area (Å²) in [4.78, 5) is 22.3. The van der Waals surface area contributed by atoms with Crippen molar-refractivity contribution in [2.45, 2.75) is 19.4 Å². The molecule has 2 heterocycles. The molecular formula is C15H24IN5O2. The Balaban J connectivity index is 0.00000264. The molecule has 0 saturated carbocycles. The summed E-state index contributed by atoms with van der Waals surface area (Å²) in [5, 5.41) is 15.6. The van der Waals surface area contributed by atoms with E-state index in [-0.39, 0.29) is 36.0 Å². The van der Waals surface area contributed by atoms with E-state index in [9.17, 15) is 9.90 Å². The third-order valence-corrected chi connectivity index (χ3v) is 3.38. The highest BCUT2D eigenvalue weighted by molar-refractivity contribution is 14.0. The molecule has 0 spiro atoms. The molecule has 0 radical (unpaired) electrons. The lowest BCUT2D eigenvalue weighted by Gasteiger charge is -2.20. The van der Waals surface area contributed by atoms with Crippen LogP contribution in [0.15, 0.2) is 29.5 Å². The van der Waals surface area contributed by atoms with Crippen LogP contribution in [0.25, 0.3) is 0 Å². The Labute approximate surface area is 153 Å². The van der Waals surface area contributed by atoms with Gasteiger partial charge in [-0.1, -0.05) is 0 Å². The fourth-order valence-corrected chi connectivity index (χ4v) is 2.29. The van der Waals surface area contributed by atoms with Gasteiger partial charge in [0.1, 0.15) is 0 Å². The van der Waals surface area contributed by atoms with Gasteiger partial charge >= 0.3 is 0 Å². The molecule has 0 aromatic carbocycles. The van der Waals surface area contributed by atoms with Gasteiger partial charge in [-0.15, -0.1) is 24.0 Å². The zero-order valence-corrected chi connectivity index (χ0v) is 15.6. The molecule has 128 valence electrons. The predicted molar refractivity (Wildman–Crippen MR) is 100 cm³/mol. The van der Waals surface area contributed by atoms with E-state index in [0.717, 1.165) is 25.5 Å². The van der Waals surface area contributed by atoms with Crippen LogP contribution < -0.4 is 10.6 Å². The van der Waals surface area contributed by atoms with Crippen LogP contribution in [0, 0.1) is 0 Å². The van der Waals surface area contributed by atoms with Crippen LogP contribution in [0.4, 0.5) is 0 Å². The Bertz CT molecular complexity index is 512. The standard InChI is InChI=1S/C15H23N5O2.HI/c1-2-17-15(20-9-5-13(21)11-20)19-8-7-18-14(22)12-4-3-6-16-10-12;/h3-4,6,10,13,21H,2,5,7-9,11H2,1H3,(H,17,19)(H,18,22);1H/t13-;/m1./s1. The van der Waals surface area contributed by atoms with Gasteiger partial charge in [0.2, 0.25) is 0 Å². The highest BCUT2D eigenvalue weighted by Gasteiger charge is 2.22. The van der Waals surface area contributed by atoms with Crippen molar-refractivity contribution in [3.63, 3.8) is 0 Å². The van der Waals surface area contributed by atoms with Crippen LogP contribution >= 0.6 is 24.0 Å². The highest BCUT2D eigenvalue weighted by Crippen LogP contribution is 2.08. The molecule has 0 aliphatic carbocycles. The van der Waals surface area contributed by atoms with Gasteiger partial charge in [0.25, 0.3) is 5.91 Å². The van der Waals surface area contributed by atoms with Gasteiger partial charge < -0.3 is 20.6 Å². The second kappa shape index (κ2) is 10.4. The van der Waals surface area contributed by atoms with Crippen molar-refractivity contribution in [2.75, 3.05) is 32.7 Å². The number of halogens is 1.